The summed E-state index contributed by atoms with van der Waals surface area (Å²) in [4.78, 5) is 2.45. The molecule has 0 saturated carbocycles. The topological polar surface area (TPSA) is 24.5 Å². The van der Waals surface area contributed by atoms with Crippen molar-refractivity contribution in [1.82, 2.24) is 5.32 Å². The third-order valence-corrected chi connectivity index (χ3v) is 4.45. The van der Waals surface area contributed by atoms with Crippen LogP contribution in [0.1, 0.15) is 38.7 Å². The van der Waals surface area contributed by atoms with Gasteiger partial charge in [-0.1, -0.05) is 28.9 Å². The first-order valence-electron chi connectivity index (χ1n) is 8.10. The second kappa shape index (κ2) is 8.76. The number of hydrogen-bond acceptors (Lipinski definition) is 3. The highest BCUT2D eigenvalue weighted by molar-refractivity contribution is 9.10. The normalized spacial score (nSPS) is 18.1. The molecule has 0 amide bonds. The lowest BCUT2D eigenvalue weighted by Crippen LogP contribution is -2.33. The van der Waals surface area contributed by atoms with Crippen molar-refractivity contribution in [2.45, 2.75) is 45.8 Å². The lowest BCUT2D eigenvalue weighted by atomic mass is 10.1. The van der Waals surface area contributed by atoms with Gasteiger partial charge >= 0.3 is 0 Å². The molecule has 1 fully saturated rings. The summed E-state index contributed by atoms with van der Waals surface area (Å²) in [6.45, 7) is 9.34. The van der Waals surface area contributed by atoms with E-state index in [0.717, 1.165) is 37.3 Å². The van der Waals surface area contributed by atoms with Gasteiger partial charge in [0.25, 0.3) is 0 Å². The number of nitrogens with one attached hydrogen (secondary N) is 1. The maximum Gasteiger partial charge on any atom is 0.0750 e. The molecule has 1 aromatic carbocycles. The van der Waals surface area contributed by atoms with E-state index in [1.807, 2.05) is 0 Å². The Balaban J connectivity index is 2.10. The molecule has 2 rings (SSSR count). The Kier molecular flexibility index (Phi) is 7.00. The van der Waals surface area contributed by atoms with E-state index in [0.29, 0.717) is 6.10 Å². The Hall–Kier alpha value is -0.580. The van der Waals surface area contributed by atoms with Gasteiger partial charge in [0.1, 0.15) is 0 Å². The Morgan fingerprint density at radius 1 is 1.38 bits per heavy atom. The molecule has 0 spiro atoms. The number of ether oxygens (including phenoxy) is 1. The van der Waals surface area contributed by atoms with Crippen LogP contribution in [-0.2, 0) is 11.3 Å². The molecular weight excluding hydrogens is 328 g/mol. The largest absolute Gasteiger partial charge is 0.376 e. The highest BCUT2D eigenvalue weighted by atomic mass is 79.9. The Morgan fingerprint density at radius 2 is 2.24 bits per heavy atom. The van der Waals surface area contributed by atoms with Gasteiger partial charge in [0, 0.05) is 36.4 Å². The molecule has 1 aromatic rings. The summed E-state index contributed by atoms with van der Waals surface area (Å²) in [5.41, 5.74) is 2.69. The van der Waals surface area contributed by atoms with Crippen LogP contribution in [0.15, 0.2) is 22.7 Å². The second-order valence-corrected chi connectivity index (χ2v) is 6.54. The zero-order chi connectivity index (χ0) is 15.1. The van der Waals surface area contributed by atoms with Crippen molar-refractivity contribution in [1.29, 1.82) is 0 Å². The predicted molar refractivity (Wildman–Crippen MR) is 93.0 cm³/mol. The van der Waals surface area contributed by atoms with Crippen LogP contribution in [0.25, 0.3) is 0 Å². The lowest BCUT2D eigenvalue weighted by Gasteiger charge is -2.28. The molecule has 1 aliphatic rings. The van der Waals surface area contributed by atoms with E-state index in [2.05, 4.69) is 58.2 Å². The minimum absolute atomic E-state index is 0.389. The molecule has 4 heteroatoms. The summed E-state index contributed by atoms with van der Waals surface area (Å²) in [5.74, 6) is 0. The summed E-state index contributed by atoms with van der Waals surface area (Å²) in [6.07, 6.45) is 3.94. The van der Waals surface area contributed by atoms with Crippen molar-refractivity contribution in [3.05, 3.63) is 28.2 Å². The minimum Gasteiger partial charge on any atom is -0.376 e. The average Bonchev–Trinajstić information content (AvgIpc) is 2.99. The molecule has 1 unspecified atom stereocenters. The van der Waals surface area contributed by atoms with Crippen LogP contribution in [0.2, 0.25) is 0 Å². The first-order chi connectivity index (χ1) is 10.2. The molecule has 1 saturated heterocycles. The van der Waals surface area contributed by atoms with E-state index in [9.17, 15) is 0 Å². The molecule has 1 heterocycles. The molecule has 0 aromatic heterocycles. The van der Waals surface area contributed by atoms with Gasteiger partial charge in [-0.2, -0.15) is 0 Å². The molecule has 0 aliphatic carbocycles. The van der Waals surface area contributed by atoms with E-state index >= 15 is 0 Å². The van der Waals surface area contributed by atoms with Gasteiger partial charge in [0.15, 0.2) is 0 Å². The molecule has 1 N–H and O–H groups in total. The van der Waals surface area contributed by atoms with Gasteiger partial charge in [-0.3, -0.25) is 0 Å². The summed E-state index contributed by atoms with van der Waals surface area (Å²) in [6, 6.07) is 6.59. The minimum atomic E-state index is 0.389. The van der Waals surface area contributed by atoms with Crippen molar-refractivity contribution >= 4 is 21.6 Å². The Bertz CT molecular complexity index is 433. The molecule has 0 radical (unpaired) electrons. The van der Waals surface area contributed by atoms with Crippen molar-refractivity contribution < 1.29 is 4.74 Å². The van der Waals surface area contributed by atoms with Crippen LogP contribution < -0.4 is 10.2 Å². The maximum absolute atomic E-state index is 5.81. The van der Waals surface area contributed by atoms with Gasteiger partial charge < -0.3 is 15.0 Å². The van der Waals surface area contributed by atoms with Crippen LogP contribution in [0.5, 0.6) is 0 Å². The standard InChI is InChI=1S/C17H27BrN2O/c1-3-9-19-12-14-7-8-15(18)11-17(14)20(4-2)13-16-6-5-10-21-16/h7-8,11,16,19H,3-6,9-10,12-13H2,1-2H3. The zero-order valence-corrected chi connectivity index (χ0v) is 14.8. The Labute approximate surface area is 137 Å². The number of likely N-dealkylation sites (N-methyl/N-ethyl adjacent to an activating group) is 1. The number of nitrogens with zero attached hydrogens (tertiary/aromatic N) is 1. The van der Waals surface area contributed by atoms with Crippen LogP contribution in [0.3, 0.4) is 0 Å². The van der Waals surface area contributed by atoms with Crippen LogP contribution >= 0.6 is 15.9 Å². The highest BCUT2D eigenvalue weighted by Crippen LogP contribution is 2.27. The highest BCUT2D eigenvalue weighted by Gasteiger charge is 2.20. The second-order valence-electron chi connectivity index (χ2n) is 5.62. The number of benzene rings is 1. The van der Waals surface area contributed by atoms with Gasteiger partial charge in [-0.05, 0) is 50.4 Å². The molecule has 1 aliphatic heterocycles. The molecule has 3 nitrogen and oxygen atoms in total. The summed E-state index contributed by atoms with van der Waals surface area (Å²) in [7, 11) is 0. The fraction of sp³-hybridized carbons (Fsp3) is 0.647. The van der Waals surface area contributed by atoms with E-state index in [-0.39, 0.29) is 0 Å². The fourth-order valence-electron chi connectivity index (χ4n) is 2.81. The molecule has 118 valence electrons. The van der Waals surface area contributed by atoms with Gasteiger partial charge in [0.05, 0.1) is 6.10 Å². The Morgan fingerprint density at radius 3 is 2.90 bits per heavy atom. The number of rotatable bonds is 8. The SMILES string of the molecule is CCCNCc1ccc(Br)cc1N(CC)CC1CCCO1. The summed E-state index contributed by atoms with van der Waals surface area (Å²) in [5, 5.41) is 3.51. The van der Waals surface area contributed by atoms with Gasteiger partial charge in [-0.15, -0.1) is 0 Å². The van der Waals surface area contributed by atoms with Gasteiger partial charge in [-0.25, -0.2) is 0 Å². The number of anilines is 1. The molecule has 0 bridgehead atoms. The molecule has 21 heavy (non-hydrogen) atoms. The fourth-order valence-corrected chi connectivity index (χ4v) is 3.16. The van der Waals surface area contributed by atoms with Crippen molar-refractivity contribution in [2.24, 2.45) is 0 Å². The maximum atomic E-state index is 5.81. The predicted octanol–water partition coefficient (Wildman–Crippen LogP) is 3.95. The lowest BCUT2D eigenvalue weighted by molar-refractivity contribution is 0.115. The monoisotopic (exact) mass is 354 g/mol. The van der Waals surface area contributed by atoms with Crippen molar-refractivity contribution in [3.8, 4) is 0 Å². The van der Waals surface area contributed by atoms with E-state index in [4.69, 9.17) is 4.74 Å². The molecule has 1 atom stereocenters. The first kappa shape index (κ1) is 16.8. The summed E-state index contributed by atoms with van der Waals surface area (Å²) < 4.78 is 6.95. The quantitative estimate of drug-likeness (QED) is 0.715. The average molecular weight is 355 g/mol. The smallest absolute Gasteiger partial charge is 0.0750 e. The van der Waals surface area contributed by atoms with Crippen LogP contribution in [-0.4, -0.2) is 32.3 Å². The van der Waals surface area contributed by atoms with Crippen molar-refractivity contribution in [2.75, 3.05) is 31.1 Å². The third-order valence-electron chi connectivity index (χ3n) is 3.96. The van der Waals surface area contributed by atoms with Gasteiger partial charge in [0.2, 0.25) is 0 Å². The number of hydrogen-bond donors (Lipinski definition) is 1. The van der Waals surface area contributed by atoms with Crippen LogP contribution in [0, 0.1) is 0 Å². The zero-order valence-electron chi connectivity index (χ0n) is 13.2. The first-order valence-corrected chi connectivity index (χ1v) is 8.89. The van der Waals surface area contributed by atoms with E-state index in [1.54, 1.807) is 0 Å². The molecular formula is C17H27BrN2O. The summed E-state index contributed by atoms with van der Waals surface area (Å²) >= 11 is 3.61. The third kappa shape index (κ3) is 4.97. The van der Waals surface area contributed by atoms with Crippen molar-refractivity contribution in [3.63, 3.8) is 0 Å². The van der Waals surface area contributed by atoms with Crippen LogP contribution in [0.4, 0.5) is 5.69 Å². The van der Waals surface area contributed by atoms with E-state index in [1.165, 1.54) is 30.5 Å². The number of halogens is 1. The van der Waals surface area contributed by atoms with E-state index < -0.39 is 0 Å².